The summed E-state index contributed by atoms with van der Waals surface area (Å²) in [5.41, 5.74) is 0.897. The zero-order chi connectivity index (χ0) is 22.1. The van der Waals surface area contributed by atoms with Crippen LogP contribution in [0.5, 0.6) is 0 Å². The van der Waals surface area contributed by atoms with Crippen LogP contribution in [0.2, 0.25) is 5.02 Å². The van der Waals surface area contributed by atoms with Gasteiger partial charge in [-0.2, -0.15) is 0 Å². The van der Waals surface area contributed by atoms with E-state index >= 15 is 0 Å². The van der Waals surface area contributed by atoms with Gasteiger partial charge in [0.1, 0.15) is 11.6 Å². The predicted octanol–water partition coefficient (Wildman–Crippen LogP) is 4.74. The van der Waals surface area contributed by atoms with Crippen LogP contribution in [-0.2, 0) is 0 Å². The largest absolute Gasteiger partial charge is 0.361 e. The van der Waals surface area contributed by atoms with E-state index in [1.165, 1.54) is 0 Å². The second-order valence-corrected chi connectivity index (χ2v) is 9.16. The van der Waals surface area contributed by atoms with E-state index in [0.29, 0.717) is 29.8 Å². The van der Waals surface area contributed by atoms with Crippen molar-refractivity contribution < 1.29 is 9.32 Å². The van der Waals surface area contributed by atoms with Gasteiger partial charge < -0.3 is 14.7 Å². The van der Waals surface area contributed by atoms with Crippen molar-refractivity contribution in [1.82, 2.24) is 20.4 Å². The number of likely N-dealkylation sites (tertiary alicyclic amines) is 1. The van der Waals surface area contributed by atoms with Crippen LogP contribution in [0, 0.1) is 6.92 Å². The molecule has 0 radical (unpaired) electrons. The summed E-state index contributed by atoms with van der Waals surface area (Å²) in [5, 5.41) is 9.91. The second kappa shape index (κ2) is 9.08. The number of aromatic nitrogens is 2. The minimum Gasteiger partial charge on any atom is -0.361 e. The molecule has 7 nitrogen and oxygen atoms in total. The van der Waals surface area contributed by atoms with E-state index in [0.717, 1.165) is 61.0 Å². The van der Waals surface area contributed by atoms with Gasteiger partial charge in [0, 0.05) is 43.2 Å². The third kappa shape index (κ3) is 4.07. The smallest absolute Gasteiger partial charge is 0.325 e. The number of aryl methyl sites for hydroxylation is 1. The summed E-state index contributed by atoms with van der Waals surface area (Å²) in [7, 11) is 0. The Morgan fingerprint density at radius 2 is 2.09 bits per heavy atom. The number of pyridine rings is 1. The average molecular weight is 454 g/mol. The van der Waals surface area contributed by atoms with E-state index in [4.69, 9.17) is 16.1 Å². The molecule has 32 heavy (non-hydrogen) atoms. The van der Waals surface area contributed by atoms with Crippen LogP contribution >= 0.6 is 11.6 Å². The van der Waals surface area contributed by atoms with Crippen LogP contribution in [0.15, 0.2) is 41.1 Å². The van der Waals surface area contributed by atoms with Gasteiger partial charge in [-0.05, 0) is 56.7 Å². The first-order valence-corrected chi connectivity index (χ1v) is 11.7. The molecule has 2 aromatic heterocycles. The maximum atomic E-state index is 13.9. The van der Waals surface area contributed by atoms with Gasteiger partial charge in [0.2, 0.25) is 0 Å². The highest BCUT2D eigenvalue weighted by Gasteiger charge is 2.35. The number of fused-ring (bicyclic) bond motifs is 1. The molecule has 0 spiro atoms. The molecule has 1 N–H and O–H groups in total. The lowest BCUT2D eigenvalue weighted by Gasteiger charge is -2.40. The third-order valence-corrected chi connectivity index (χ3v) is 6.92. The number of piperidine rings is 2. The van der Waals surface area contributed by atoms with Crippen molar-refractivity contribution in [3.8, 4) is 0 Å². The average Bonchev–Trinajstić information content (AvgIpc) is 3.26. The van der Waals surface area contributed by atoms with E-state index in [1.54, 1.807) is 6.20 Å². The van der Waals surface area contributed by atoms with Crippen LogP contribution in [0.4, 0.5) is 10.6 Å². The Labute approximate surface area is 192 Å². The van der Waals surface area contributed by atoms with Crippen molar-refractivity contribution in [2.75, 3.05) is 31.1 Å². The molecule has 2 aliphatic rings. The van der Waals surface area contributed by atoms with Crippen LogP contribution in [0.3, 0.4) is 0 Å². The first kappa shape index (κ1) is 21.2. The number of nitrogens with one attached hydrogen (secondary N) is 1. The molecule has 4 heterocycles. The maximum absolute atomic E-state index is 13.9. The van der Waals surface area contributed by atoms with Gasteiger partial charge in [-0.15, -0.1) is 0 Å². The zero-order valence-electron chi connectivity index (χ0n) is 18.3. The van der Waals surface area contributed by atoms with Crippen LogP contribution in [0.1, 0.15) is 43.1 Å². The summed E-state index contributed by atoms with van der Waals surface area (Å²) >= 11 is 6.60. The highest BCUT2D eigenvalue weighted by molar-refractivity contribution is 6.36. The molecule has 0 aliphatic carbocycles. The molecule has 2 saturated heterocycles. The normalized spacial score (nSPS) is 19.9. The van der Waals surface area contributed by atoms with Gasteiger partial charge in [0.25, 0.3) is 0 Å². The molecular weight excluding hydrogens is 426 g/mol. The molecule has 1 atom stereocenters. The predicted molar refractivity (Wildman–Crippen MR) is 125 cm³/mol. The molecule has 0 unspecified atom stereocenters. The SMILES string of the molecule is Cc1cc(C2CCN(C(=O)N(c3nccc4cccc(Cl)c34)[C@@H]3CCCNC3)CC2)on1. The number of hydrogen-bond donors (Lipinski definition) is 1. The summed E-state index contributed by atoms with van der Waals surface area (Å²) in [4.78, 5) is 22.4. The highest BCUT2D eigenvalue weighted by Crippen LogP contribution is 2.35. The topological polar surface area (TPSA) is 74.5 Å². The van der Waals surface area contributed by atoms with Gasteiger partial charge in [0.05, 0.1) is 16.8 Å². The lowest BCUT2D eigenvalue weighted by molar-refractivity contribution is 0.178. The summed E-state index contributed by atoms with van der Waals surface area (Å²) in [5.74, 6) is 1.88. The molecule has 8 heteroatoms. The number of hydrogen-bond acceptors (Lipinski definition) is 5. The molecular formula is C24H28ClN5O2. The highest BCUT2D eigenvalue weighted by atomic mass is 35.5. The van der Waals surface area contributed by atoms with Crippen molar-refractivity contribution in [2.24, 2.45) is 0 Å². The second-order valence-electron chi connectivity index (χ2n) is 8.76. The van der Waals surface area contributed by atoms with Gasteiger partial charge in [-0.1, -0.05) is 28.9 Å². The number of carbonyl (C=O) groups is 1. The molecule has 1 aromatic carbocycles. The molecule has 168 valence electrons. The Bertz CT molecular complexity index is 1100. The molecule has 2 amide bonds. The van der Waals surface area contributed by atoms with Gasteiger partial charge in [0.15, 0.2) is 0 Å². The summed E-state index contributed by atoms with van der Waals surface area (Å²) in [6.45, 7) is 5.02. The fourth-order valence-corrected chi connectivity index (χ4v) is 5.17. The van der Waals surface area contributed by atoms with Gasteiger partial charge in [-0.25, -0.2) is 9.78 Å². The van der Waals surface area contributed by atoms with E-state index < -0.39 is 0 Å². The Hall–Kier alpha value is -2.64. The van der Waals surface area contributed by atoms with Crippen LogP contribution in [0.25, 0.3) is 10.8 Å². The van der Waals surface area contributed by atoms with E-state index in [-0.39, 0.29) is 12.1 Å². The fourth-order valence-electron chi connectivity index (χ4n) is 4.91. The third-order valence-electron chi connectivity index (χ3n) is 6.60. The molecule has 0 saturated carbocycles. The molecule has 5 rings (SSSR count). The van der Waals surface area contributed by atoms with E-state index in [9.17, 15) is 4.79 Å². The van der Waals surface area contributed by atoms with Crippen LogP contribution in [-0.4, -0.2) is 53.3 Å². The maximum Gasteiger partial charge on any atom is 0.325 e. The summed E-state index contributed by atoms with van der Waals surface area (Å²) in [6.07, 6.45) is 5.46. The molecule has 3 aromatic rings. The fraction of sp³-hybridized carbons (Fsp3) is 0.458. The Morgan fingerprint density at radius 3 is 2.81 bits per heavy atom. The summed E-state index contributed by atoms with van der Waals surface area (Å²) in [6, 6.07) is 9.80. The standard InChI is InChI=1S/C24H28ClN5O2/c1-16-14-21(32-28-16)17-8-12-29(13-9-17)24(31)30(19-5-3-10-26-15-19)23-22-18(7-11-27-23)4-2-6-20(22)25/h2,4,6-7,11,14,17,19,26H,3,5,8-10,12-13,15H2,1H3/t19-/m1/s1. The van der Waals surface area contributed by atoms with Crippen molar-refractivity contribution in [3.63, 3.8) is 0 Å². The Kier molecular flexibility index (Phi) is 6.02. The zero-order valence-corrected chi connectivity index (χ0v) is 19.0. The Balaban J connectivity index is 1.44. The van der Waals surface area contributed by atoms with Crippen molar-refractivity contribution >= 4 is 34.2 Å². The van der Waals surface area contributed by atoms with Crippen molar-refractivity contribution in [3.05, 3.63) is 53.0 Å². The van der Waals surface area contributed by atoms with Crippen molar-refractivity contribution in [1.29, 1.82) is 0 Å². The van der Waals surface area contributed by atoms with Crippen LogP contribution < -0.4 is 10.2 Å². The number of anilines is 1. The monoisotopic (exact) mass is 453 g/mol. The van der Waals surface area contributed by atoms with Gasteiger partial charge >= 0.3 is 6.03 Å². The lowest BCUT2D eigenvalue weighted by Crippen LogP contribution is -2.55. The summed E-state index contributed by atoms with van der Waals surface area (Å²) < 4.78 is 5.48. The minimum atomic E-state index is 0.00539. The molecule has 2 aliphatic heterocycles. The van der Waals surface area contributed by atoms with Crippen molar-refractivity contribution in [2.45, 2.75) is 44.6 Å². The van der Waals surface area contributed by atoms with E-state index in [1.807, 2.05) is 47.1 Å². The number of amides is 2. The van der Waals surface area contributed by atoms with E-state index in [2.05, 4.69) is 15.5 Å². The minimum absolute atomic E-state index is 0.00539. The number of carbonyl (C=O) groups excluding carboxylic acids is 1. The number of nitrogens with zero attached hydrogens (tertiary/aromatic N) is 4. The number of rotatable bonds is 3. The first-order chi connectivity index (χ1) is 15.6. The molecule has 2 fully saturated rings. The quantitative estimate of drug-likeness (QED) is 0.619. The lowest BCUT2D eigenvalue weighted by atomic mass is 9.94. The number of urea groups is 1. The molecule has 0 bridgehead atoms. The first-order valence-electron chi connectivity index (χ1n) is 11.4. The Morgan fingerprint density at radius 1 is 1.25 bits per heavy atom. The van der Waals surface area contributed by atoms with Gasteiger partial charge in [-0.3, -0.25) is 4.90 Å². The number of benzene rings is 1. The number of halogens is 1.